The number of nitrogens with two attached hydrogens (primary N) is 1. The van der Waals surface area contributed by atoms with Crippen molar-refractivity contribution >= 4 is 23.5 Å². The fourth-order valence-corrected chi connectivity index (χ4v) is 1.56. The van der Waals surface area contributed by atoms with Crippen LogP contribution in [-0.4, -0.2) is 16.2 Å². The molecule has 1 aromatic carbocycles. The van der Waals surface area contributed by atoms with E-state index in [2.05, 4.69) is 9.68 Å². The SMILES string of the molecule is Nc1onc(C(=O)O)c1-c1ccc(F)c(Cl)c1. The molecule has 2 rings (SSSR count). The first-order valence-corrected chi connectivity index (χ1v) is 4.82. The second-order valence-corrected chi connectivity index (χ2v) is 3.61. The van der Waals surface area contributed by atoms with Crippen LogP contribution in [0.1, 0.15) is 10.5 Å². The van der Waals surface area contributed by atoms with E-state index in [-0.39, 0.29) is 22.2 Å². The summed E-state index contributed by atoms with van der Waals surface area (Å²) in [5, 5.41) is 12.0. The summed E-state index contributed by atoms with van der Waals surface area (Å²) in [7, 11) is 0. The first-order valence-electron chi connectivity index (χ1n) is 4.44. The number of rotatable bonds is 2. The van der Waals surface area contributed by atoms with Crippen molar-refractivity contribution in [1.29, 1.82) is 0 Å². The molecule has 1 heterocycles. The highest BCUT2D eigenvalue weighted by Gasteiger charge is 2.21. The molecule has 1 aromatic heterocycles. The number of anilines is 1. The number of aromatic carboxylic acids is 1. The van der Waals surface area contributed by atoms with Gasteiger partial charge in [-0.2, -0.15) is 0 Å². The molecule has 5 nitrogen and oxygen atoms in total. The van der Waals surface area contributed by atoms with Crippen molar-refractivity contribution in [3.8, 4) is 11.1 Å². The monoisotopic (exact) mass is 256 g/mol. The van der Waals surface area contributed by atoms with Crippen LogP contribution in [0.15, 0.2) is 22.7 Å². The van der Waals surface area contributed by atoms with Crippen molar-refractivity contribution in [3.05, 3.63) is 34.7 Å². The molecule has 0 bridgehead atoms. The predicted octanol–water partition coefficient (Wildman–Crippen LogP) is 2.41. The summed E-state index contributed by atoms with van der Waals surface area (Å²) in [5.41, 5.74) is 5.54. The zero-order valence-electron chi connectivity index (χ0n) is 8.28. The zero-order chi connectivity index (χ0) is 12.6. The van der Waals surface area contributed by atoms with Gasteiger partial charge in [0.05, 0.1) is 10.6 Å². The smallest absolute Gasteiger partial charge is 0.358 e. The Hall–Kier alpha value is -2.08. The maximum Gasteiger partial charge on any atom is 0.358 e. The first kappa shape index (κ1) is 11.4. The standard InChI is InChI=1S/C10H6ClFN2O3/c11-5-3-4(1-2-6(5)12)7-8(10(15)16)14-17-9(7)13/h1-3H,13H2,(H,15,16). The third-order valence-corrected chi connectivity index (χ3v) is 2.42. The Labute approximate surface area is 99.6 Å². The van der Waals surface area contributed by atoms with Crippen molar-refractivity contribution < 1.29 is 18.8 Å². The van der Waals surface area contributed by atoms with Crippen LogP contribution in [0.2, 0.25) is 5.02 Å². The highest BCUT2D eigenvalue weighted by Crippen LogP contribution is 2.32. The third kappa shape index (κ3) is 1.94. The second kappa shape index (κ2) is 4.06. The molecule has 0 saturated heterocycles. The number of hydrogen-bond acceptors (Lipinski definition) is 4. The van der Waals surface area contributed by atoms with Crippen molar-refractivity contribution in [2.45, 2.75) is 0 Å². The van der Waals surface area contributed by atoms with Crippen LogP contribution in [0.5, 0.6) is 0 Å². The molecule has 2 aromatic rings. The minimum absolute atomic E-state index is 0.0828. The van der Waals surface area contributed by atoms with Gasteiger partial charge in [0.25, 0.3) is 0 Å². The van der Waals surface area contributed by atoms with Gasteiger partial charge in [0.15, 0.2) is 0 Å². The van der Waals surface area contributed by atoms with Crippen LogP contribution >= 0.6 is 11.6 Å². The Morgan fingerprint density at radius 1 is 1.53 bits per heavy atom. The van der Waals surface area contributed by atoms with E-state index in [9.17, 15) is 9.18 Å². The van der Waals surface area contributed by atoms with E-state index in [0.29, 0.717) is 5.56 Å². The Kier molecular flexibility index (Phi) is 2.72. The summed E-state index contributed by atoms with van der Waals surface area (Å²) in [6, 6.07) is 3.71. The molecule has 0 spiro atoms. The number of hydrogen-bond donors (Lipinski definition) is 2. The highest BCUT2D eigenvalue weighted by molar-refractivity contribution is 6.31. The van der Waals surface area contributed by atoms with Gasteiger partial charge >= 0.3 is 5.97 Å². The van der Waals surface area contributed by atoms with Gasteiger partial charge in [-0.25, -0.2) is 9.18 Å². The number of halogens is 2. The lowest BCUT2D eigenvalue weighted by Gasteiger charge is -2.01. The number of benzene rings is 1. The largest absolute Gasteiger partial charge is 0.476 e. The van der Waals surface area contributed by atoms with E-state index in [0.717, 1.165) is 6.07 Å². The molecule has 0 aliphatic heterocycles. The lowest BCUT2D eigenvalue weighted by atomic mass is 10.1. The van der Waals surface area contributed by atoms with E-state index in [1.54, 1.807) is 0 Å². The minimum Gasteiger partial charge on any atom is -0.476 e. The fourth-order valence-electron chi connectivity index (χ4n) is 1.38. The quantitative estimate of drug-likeness (QED) is 0.861. The van der Waals surface area contributed by atoms with Crippen LogP contribution in [0, 0.1) is 5.82 Å². The Balaban J connectivity index is 2.63. The van der Waals surface area contributed by atoms with Gasteiger partial charge in [0, 0.05) is 0 Å². The lowest BCUT2D eigenvalue weighted by Crippen LogP contribution is -1.99. The number of nitrogen functional groups attached to an aromatic ring is 1. The summed E-state index contributed by atoms with van der Waals surface area (Å²) < 4.78 is 17.6. The van der Waals surface area contributed by atoms with Crippen LogP contribution in [-0.2, 0) is 0 Å². The van der Waals surface area contributed by atoms with Gasteiger partial charge in [-0.15, -0.1) is 0 Å². The molecule has 88 valence electrons. The van der Waals surface area contributed by atoms with Gasteiger partial charge in [0.2, 0.25) is 11.6 Å². The van der Waals surface area contributed by atoms with Crippen LogP contribution in [0.3, 0.4) is 0 Å². The summed E-state index contributed by atoms with van der Waals surface area (Å²) in [6.45, 7) is 0. The van der Waals surface area contributed by atoms with E-state index in [4.69, 9.17) is 22.4 Å². The molecule has 0 unspecified atom stereocenters. The maximum absolute atomic E-state index is 13.0. The molecule has 0 atom stereocenters. The molecule has 0 amide bonds. The molecular weight excluding hydrogens is 251 g/mol. The fraction of sp³-hybridized carbons (Fsp3) is 0. The average molecular weight is 257 g/mol. The molecule has 7 heteroatoms. The van der Waals surface area contributed by atoms with Crippen molar-refractivity contribution in [2.75, 3.05) is 5.73 Å². The highest BCUT2D eigenvalue weighted by atomic mass is 35.5. The molecular formula is C10H6ClFN2O3. The number of nitrogens with zero attached hydrogens (tertiary/aromatic N) is 1. The van der Waals surface area contributed by atoms with Gasteiger partial charge in [0.1, 0.15) is 5.82 Å². The van der Waals surface area contributed by atoms with E-state index in [1.165, 1.54) is 12.1 Å². The van der Waals surface area contributed by atoms with Crippen LogP contribution < -0.4 is 5.73 Å². The third-order valence-electron chi connectivity index (χ3n) is 2.13. The number of carboxylic acids is 1. The van der Waals surface area contributed by atoms with Crippen molar-refractivity contribution in [2.24, 2.45) is 0 Å². The van der Waals surface area contributed by atoms with Crippen LogP contribution in [0.4, 0.5) is 10.3 Å². The number of carboxylic acid groups (broad SMARTS) is 1. The van der Waals surface area contributed by atoms with Gasteiger partial charge < -0.3 is 15.4 Å². The van der Waals surface area contributed by atoms with Gasteiger partial charge in [-0.3, -0.25) is 0 Å². The molecule has 0 aliphatic carbocycles. The number of carbonyl (C=O) groups is 1. The van der Waals surface area contributed by atoms with E-state index >= 15 is 0 Å². The topological polar surface area (TPSA) is 89.4 Å². The van der Waals surface area contributed by atoms with Crippen molar-refractivity contribution in [1.82, 2.24) is 5.16 Å². The van der Waals surface area contributed by atoms with Gasteiger partial charge in [-0.1, -0.05) is 22.8 Å². The summed E-state index contributed by atoms with van der Waals surface area (Å²) >= 11 is 5.60. The maximum atomic E-state index is 13.0. The van der Waals surface area contributed by atoms with Gasteiger partial charge in [-0.05, 0) is 17.7 Å². The van der Waals surface area contributed by atoms with E-state index in [1.807, 2.05) is 0 Å². The summed E-state index contributed by atoms with van der Waals surface area (Å²) in [4.78, 5) is 10.9. The lowest BCUT2D eigenvalue weighted by molar-refractivity contribution is 0.0686. The minimum atomic E-state index is -1.29. The summed E-state index contributed by atoms with van der Waals surface area (Å²) in [6.07, 6.45) is 0. The second-order valence-electron chi connectivity index (χ2n) is 3.20. The van der Waals surface area contributed by atoms with Crippen molar-refractivity contribution in [3.63, 3.8) is 0 Å². The predicted molar refractivity (Wildman–Crippen MR) is 58.3 cm³/mol. The molecule has 0 aliphatic rings. The zero-order valence-corrected chi connectivity index (χ0v) is 9.03. The molecule has 17 heavy (non-hydrogen) atoms. The molecule has 0 fully saturated rings. The normalized spacial score (nSPS) is 10.5. The Morgan fingerprint density at radius 3 is 2.82 bits per heavy atom. The Morgan fingerprint density at radius 2 is 2.24 bits per heavy atom. The average Bonchev–Trinajstić information content (AvgIpc) is 2.64. The Bertz CT molecular complexity index is 597. The molecule has 0 saturated carbocycles. The molecule has 3 N–H and O–H groups in total. The molecule has 0 radical (unpaired) electrons. The summed E-state index contributed by atoms with van der Waals surface area (Å²) in [5.74, 6) is -2.06. The first-order chi connectivity index (χ1) is 8.00. The number of aromatic nitrogens is 1. The van der Waals surface area contributed by atoms with E-state index < -0.39 is 11.8 Å². The van der Waals surface area contributed by atoms with Crippen LogP contribution in [0.25, 0.3) is 11.1 Å².